The molecule has 0 aliphatic heterocycles. The smallest absolute Gasteiger partial charge is 0.273 e. The van der Waals surface area contributed by atoms with Gasteiger partial charge in [-0.05, 0) is 31.0 Å². The first-order chi connectivity index (χ1) is 10.7. The number of hydrogen-bond donors (Lipinski definition) is 2. The van der Waals surface area contributed by atoms with Gasteiger partial charge in [0.2, 0.25) is 0 Å². The van der Waals surface area contributed by atoms with Crippen LogP contribution < -0.4 is 10.1 Å². The molecule has 0 aliphatic carbocycles. The maximum Gasteiger partial charge on any atom is 0.273 e. The van der Waals surface area contributed by atoms with Crippen LogP contribution in [0.5, 0.6) is 5.75 Å². The zero-order valence-electron chi connectivity index (χ0n) is 12.5. The second-order valence-corrected chi connectivity index (χ2v) is 4.75. The van der Waals surface area contributed by atoms with Crippen molar-refractivity contribution >= 4 is 5.91 Å². The molecule has 1 aromatic carbocycles. The highest BCUT2D eigenvalue weighted by molar-refractivity contribution is 5.94. The molecule has 0 radical (unpaired) electrons. The molecule has 0 bridgehead atoms. The number of carbonyl (C=O) groups excluding carboxylic acids is 1. The van der Waals surface area contributed by atoms with E-state index >= 15 is 0 Å². The van der Waals surface area contributed by atoms with Crippen molar-refractivity contribution in [3.05, 3.63) is 59.9 Å². The summed E-state index contributed by atoms with van der Waals surface area (Å²) in [6.07, 6.45) is 1.39. The van der Waals surface area contributed by atoms with E-state index in [2.05, 4.69) is 10.3 Å². The third kappa shape index (κ3) is 4.30. The summed E-state index contributed by atoms with van der Waals surface area (Å²) < 4.78 is 5.38. The normalized spacial score (nSPS) is 11.7. The summed E-state index contributed by atoms with van der Waals surface area (Å²) in [7, 11) is 0. The Bertz CT molecular complexity index is 602. The van der Waals surface area contributed by atoms with Gasteiger partial charge in [-0.1, -0.05) is 30.3 Å². The number of ether oxygens (including phenoxy) is 1. The van der Waals surface area contributed by atoms with Gasteiger partial charge >= 0.3 is 0 Å². The van der Waals surface area contributed by atoms with E-state index in [-0.39, 0.29) is 11.6 Å². The van der Waals surface area contributed by atoms with Crippen molar-refractivity contribution in [2.75, 3.05) is 13.2 Å². The van der Waals surface area contributed by atoms with Crippen molar-refractivity contribution in [2.45, 2.75) is 19.4 Å². The Morgan fingerprint density at radius 1 is 1.27 bits per heavy atom. The maximum atomic E-state index is 12.1. The fraction of sp³-hybridized carbons (Fsp3) is 0.294. The van der Waals surface area contributed by atoms with E-state index < -0.39 is 6.10 Å². The SMILES string of the molecule is CCOc1cccnc1C(=O)NCCC(O)c1ccccc1. The minimum atomic E-state index is -0.600. The molecule has 1 atom stereocenters. The molecule has 1 unspecified atom stereocenters. The fourth-order valence-electron chi connectivity index (χ4n) is 2.08. The predicted molar refractivity (Wildman–Crippen MR) is 83.8 cm³/mol. The fourth-order valence-corrected chi connectivity index (χ4v) is 2.08. The summed E-state index contributed by atoms with van der Waals surface area (Å²) in [4.78, 5) is 16.2. The van der Waals surface area contributed by atoms with Gasteiger partial charge in [0.15, 0.2) is 11.4 Å². The summed E-state index contributed by atoms with van der Waals surface area (Å²) in [5, 5.41) is 12.8. The summed E-state index contributed by atoms with van der Waals surface area (Å²) in [6, 6.07) is 12.8. The highest BCUT2D eigenvalue weighted by atomic mass is 16.5. The highest BCUT2D eigenvalue weighted by Crippen LogP contribution is 2.17. The second kappa shape index (κ2) is 8.14. The first-order valence-electron chi connectivity index (χ1n) is 7.31. The molecule has 5 heteroatoms. The molecular weight excluding hydrogens is 280 g/mol. The van der Waals surface area contributed by atoms with Crippen LogP contribution in [0.3, 0.4) is 0 Å². The lowest BCUT2D eigenvalue weighted by atomic mass is 10.1. The number of aliphatic hydroxyl groups is 1. The first-order valence-corrected chi connectivity index (χ1v) is 7.31. The lowest BCUT2D eigenvalue weighted by molar-refractivity contribution is 0.0933. The zero-order chi connectivity index (χ0) is 15.8. The number of rotatable bonds is 7. The number of aliphatic hydroxyl groups excluding tert-OH is 1. The van der Waals surface area contributed by atoms with E-state index in [1.54, 1.807) is 18.3 Å². The third-order valence-corrected chi connectivity index (χ3v) is 3.17. The van der Waals surface area contributed by atoms with Gasteiger partial charge in [0.25, 0.3) is 5.91 Å². The molecule has 1 aromatic heterocycles. The standard InChI is InChI=1S/C17H20N2O3/c1-2-22-15-9-6-11-18-16(15)17(21)19-12-10-14(20)13-7-4-3-5-8-13/h3-9,11,14,20H,2,10,12H2,1H3,(H,19,21). The van der Waals surface area contributed by atoms with Gasteiger partial charge in [0, 0.05) is 12.7 Å². The summed E-state index contributed by atoms with van der Waals surface area (Å²) in [5.41, 5.74) is 1.10. The largest absolute Gasteiger partial charge is 0.491 e. The van der Waals surface area contributed by atoms with Crippen LogP contribution in [0.1, 0.15) is 35.5 Å². The van der Waals surface area contributed by atoms with Crippen molar-refractivity contribution in [2.24, 2.45) is 0 Å². The Hall–Kier alpha value is -2.40. The molecule has 0 saturated heterocycles. The van der Waals surface area contributed by atoms with Gasteiger partial charge in [-0.2, -0.15) is 0 Å². The van der Waals surface area contributed by atoms with E-state index in [1.165, 1.54) is 0 Å². The molecule has 1 amide bonds. The number of nitrogens with one attached hydrogen (secondary N) is 1. The Morgan fingerprint density at radius 3 is 2.77 bits per heavy atom. The number of nitrogens with zero attached hydrogens (tertiary/aromatic N) is 1. The second-order valence-electron chi connectivity index (χ2n) is 4.75. The van der Waals surface area contributed by atoms with E-state index in [1.807, 2.05) is 37.3 Å². The quantitative estimate of drug-likeness (QED) is 0.823. The maximum absolute atomic E-state index is 12.1. The van der Waals surface area contributed by atoms with Crippen LogP contribution in [0.4, 0.5) is 0 Å². The molecule has 1 heterocycles. The molecule has 0 fully saturated rings. The van der Waals surface area contributed by atoms with Crippen LogP contribution in [0.15, 0.2) is 48.7 Å². The van der Waals surface area contributed by atoms with E-state index in [0.717, 1.165) is 5.56 Å². The number of aromatic nitrogens is 1. The lowest BCUT2D eigenvalue weighted by Gasteiger charge is -2.12. The van der Waals surface area contributed by atoms with Crippen molar-refractivity contribution in [3.63, 3.8) is 0 Å². The molecule has 22 heavy (non-hydrogen) atoms. The van der Waals surface area contributed by atoms with E-state index in [0.29, 0.717) is 25.3 Å². The number of hydrogen-bond acceptors (Lipinski definition) is 4. The van der Waals surface area contributed by atoms with Crippen LogP contribution >= 0.6 is 0 Å². The summed E-state index contributed by atoms with van der Waals surface area (Å²) in [5.74, 6) is 0.162. The topological polar surface area (TPSA) is 71.5 Å². The molecule has 2 rings (SSSR count). The summed E-state index contributed by atoms with van der Waals surface area (Å²) in [6.45, 7) is 2.68. The third-order valence-electron chi connectivity index (χ3n) is 3.17. The zero-order valence-corrected chi connectivity index (χ0v) is 12.5. The Labute approximate surface area is 130 Å². The monoisotopic (exact) mass is 300 g/mol. The molecule has 116 valence electrons. The van der Waals surface area contributed by atoms with E-state index in [4.69, 9.17) is 4.74 Å². The minimum Gasteiger partial charge on any atom is -0.491 e. The van der Waals surface area contributed by atoms with Crippen molar-refractivity contribution < 1.29 is 14.6 Å². The lowest BCUT2D eigenvalue weighted by Crippen LogP contribution is -2.27. The number of benzene rings is 1. The highest BCUT2D eigenvalue weighted by Gasteiger charge is 2.14. The molecule has 0 spiro atoms. The number of amides is 1. The predicted octanol–water partition coefficient (Wildman–Crippen LogP) is 2.33. The minimum absolute atomic E-state index is 0.263. The first kappa shape index (κ1) is 16.0. The van der Waals surface area contributed by atoms with Crippen LogP contribution in [0.2, 0.25) is 0 Å². The molecule has 5 nitrogen and oxygen atoms in total. The molecule has 0 saturated carbocycles. The number of carbonyl (C=O) groups is 1. The molecular formula is C17H20N2O3. The van der Waals surface area contributed by atoms with Crippen molar-refractivity contribution in [3.8, 4) is 5.75 Å². The van der Waals surface area contributed by atoms with Crippen LogP contribution in [-0.4, -0.2) is 29.1 Å². The molecule has 0 aliphatic rings. The van der Waals surface area contributed by atoms with Gasteiger partial charge in [-0.15, -0.1) is 0 Å². The number of pyridine rings is 1. The van der Waals surface area contributed by atoms with Crippen LogP contribution in [0, 0.1) is 0 Å². The Morgan fingerprint density at radius 2 is 2.05 bits per heavy atom. The average molecular weight is 300 g/mol. The average Bonchev–Trinajstić information content (AvgIpc) is 2.56. The molecule has 2 N–H and O–H groups in total. The van der Waals surface area contributed by atoms with Crippen LogP contribution in [-0.2, 0) is 0 Å². The van der Waals surface area contributed by atoms with Gasteiger partial charge in [-0.25, -0.2) is 4.98 Å². The Balaban J connectivity index is 1.88. The molecule has 2 aromatic rings. The summed E-state index contributed by atoms with van der Waals surface area (Å²) >= 11 is 0. The van der Waals surface area contributed by atoms with Gasteiger partial charge in [0.1, 0.15) is 0 Å². The van der Waals surface area contributed by atoms with Crippen molar-refractivity contribution in [1.82, 2.24) is 10.3 Å². The van der Waals surface area contributed by atoms with Gasteiger partial charge in [0.05, 0.1) is 12.7 Å². The van der Waals surface area contributed by atoms with Crippen LogP contribution in [0.25, 0.3) is 0 Å². The van der Waals surface area contributed by atoms with E-state index in [9.17, 15) is 9.90 Å². The van der Waals surface area contributed by atoms with Gasteiger partial charge in [-0.3, -0.25) is 4.79 Å². The Kier molecular flexibility index (Phi) is 5.91. The van der Waals surface area contributed by atoms with Gasteiger partial charge < -0.3 is 15.2 Å². The van der Waals surface area contributed by atoms with Crippen molar-refractivity contribution in [1.29, 1.82) is 0 Å².